The average Bonchev–Trinajstić information content (AvgIpc) is 2.54. The molecule has 102 valence electrons. The van der Waals surface area contributed by atoms with E-state index < -0.39 is 0 Å². The van der Waals surface area contributed by atoms with Crippen molar-refractivity contribution in [2.75, 3.05) is 26.8 Å². The summed E-state index contributed by atoms with van der Waals surface area (Å²) in [7, 11) is 4.03. The minimum absolute atomic E-state index is 0.301. The minimum Gasteiger partial charge on any atom is -0.380 e. The van der Waals surface area contributed by atoms with Crippen LogP contribution in [0.25, 0.3) is 0 Å². The fourth-order valence-electron chi connectivity index (χ4n) is 2.56. The maximum atomic E-state index is 6.30. The summed E-state index contributed by atoms with van der Waals surface area (Å²) in [5, 5.41) is 5.20. The van der Waals surface area contributed by atoms with E-state index in [4.69, 9.17) is 16.3 Å². The summed E-state index contributed by atoms with van der Waals surface area (Å²) in [4.78, 5) is 2.31. The zero-order chi connectivity index (χ0) is 13.3. The number of aryl methyl sites for hydroxylation is 2. The highest BCUT2D eigenvalue weighted by atomic mass is 35.5. The second-order valence-corrected chi connectivity index (χ2v) is 6.03. The summed E-state index contributed by atoms with van der Waals surface area (Å²) in [6.07, 6.45) is 0.921. The molecule has 0 unspecified atom stereocenters. The molecule has 0 bridgehead atoms. The van der Waals surface area contributed by atoms with E-state index in [1.807, 2.05) is 7.05 Å². The fourth-order valence-corrected chi connectivity index (χ4v) is 2.77. The molecule has 2 rings (SSSR count). The van der Waals surface area contributed by atoms with Gasteiger partial charge in [0.2, 0.25) is 0 Å². The van der Waals surface area contributed by atoms with Crippen molar-refractivity contribution in [2.24, 2.45) is 12.5 Å². The van der Waals surface area contributed by atoms with E-state index in [1.54, 1.807) is 4.68 Å². The molecule has 1 aliphatic rings. The van der Waals surface area contributed by atoms with Crippen LogP contribution in [0.3, 0.4) is 0 Å². The van der Waals surface area contributed by atoms with Gasteiger partial charge >= 0.3 is 0 Å². The molecule has 0 atom stereocenters. The number of hydrogen-bond acceptors (Lipinski definition) is 3. The van der Waals surface area contributed by atoms with Crippen LogP contribution in [0.15, 0.2) is 0 Å². The molecule has 0 saturated carbocycles. The number of ether oxygens (including phenoxy) is 1. The smallest absolute Gasteiger partial charge is 0.131 e. The lowest BCUT2D eigenvalue weighted by Gasteiger charge is -2.40. The summed E-state index contributed by atoms with van der Waals surface area (Å²) >= 11 is 6.30. The van der Waals surface area contributed by atoms with Crippen LogP contribution in [-0.2, 0) is 24.8 Å². The molecule has 2 heterocycles. The van der Waals surface area contributed by atoms with Crippen LogP contribution < -0.4 is 0 Å². The molecule has 1 aromatic rings. The molecule has 0 N–H and O–H groups in total. The van der Waals surface area contributed by atoms with Gasteiger partial charge in [0.1, 0.15) is 5.15 Å². The number of nitrogens with zero attached hydrogens (tertiary/aromatic N) is 3. The largest absolute Gasteiger partial charge is 0.380 e. The predicted octanol–water partition coefficient (Wildman–Crippen LogP) is 2.10. The maximum absolute atomic E-state index is 6.30. The van der Waals surface area contributed by atoms with Gasteiger partial charge in [-0.15, -0.1) is 0 Å². The Morgan fingerprint density at radius 1 is 1.50 bits per heavy atom. The van der Waals surface area contributed by atoms with Crippen molar-refractivity contribution in [3.63, 3.8) is 0 Å². The van der Waals surface area contributed by atoms with Crippen molar-refractivity contribution >= 4 is 11.6 Å². The van der Waals surface area contributed by atoms with Crippen LogP contribution in [0.2, 0.25) is 5.15 Å². The van der Waals surface area contributed by atoms with Crippen molar-refractivity contribution < 1.29 is 4.74 Å². The van der Waals surface area contributed by atoms with Crippen LogP contribution in [0, 0.1) is 5.41 Å². The van der Waals surface area contributed by atoms with Gasteiger partial charge in [-0.3, -0.25) is 4.68 Å². The molecule has 0 aromatic carbocycles. The highest BCUT2D eigenvalue weighted by Crippen LogP contribution is 2.28. The third kappa shape index (κ3) is 2.71. The van der Waals surface area contributed by atoms with Gasteiger partial charge in [-0.2, -0.15) is 5.10 Å². The molecular weight excluding hydrogens is 250 g/mol. The van der Waals surface area contributed by atoms with Gasteiger partial charge in [-0.05, 0) is 13.5 Å². The van der Waals surface area contributed by atoms with Crippen molar-refractivity contribution in [3.8, 4) is 0 Å². The Morgan fingerprint density at radius 2 is 2.17 bits per heavy atom. The van der Waals surface area contributed by atoms with Gasteiger partial charge in [-0.25, -0.2) is 0 Å². The van der Waals surface area contributed by atoms with E-state index in [9.17, 15) is 0 Å². The lowest BCUT2D eigenvalue weighted by atomic mass is 9.88. The first-order valence-corrected chi connectivity index (χ1v) is 6.79. The van der Waals surface area contributed by atoms with Crippen LogP contribution >= 0.6 is 11.6 Å². The van der Waals surface area contributed by atoms with Crippen molar-refractivity contribution in [2.45, 2.75) is 26.8 Å². The Bertz CT molecular complexity index is 426. The fraction of sp³-hybridized carbons (Fsp3) is 0.769. The SMILES string of the molecule is CCc1nn(C)c(Cl)c1CN(C)CC1(C)COC1. The molecule has 18 heavy (non-hydrogen) atoms. The van der Waals surface area contributed by atoms with E-state index in [1.165, 1.54) is 0 Å². The van der Waals surface area contributed by atoms with Crippen LogP contribution in [0.4, 0.5) is 0 Å². The molecular formula is C13H22ClN3O. The van der Waals surface area contributed by atoms with Gasteiger partial charge in [-0.1, -0.05) is 25.4 Å². The van der Waals surface area contributed by atoms with Crippen molar-refractivity contribution in [3.05, 3.63) is 16.4 Å². The summed E-state index contributed by atoms with van der Waals surface area (Å²) in [6.45, 7) is 7.98. The van der Waals surface area contributed by atoms with E-state index in [0.29, 0.717) is 5.41 Å². The molecule has 0 radical (unpaired) electrons. The summed E-state index contributed by atoms with van der Waals surface area (Å²) < 4.78 is 7.05. The molecule has 1 aliphatic heterocycles. The predicted molar refractivity (Wildman–Crippen MR) is 72.9 cm³/mol. The van der Waals surface area contributed by atoms with Crippen LogP contribution in [-0.4, -0.2) is 41.5 Å². The number of rotatable bonds is 5. The molecule has 5 heteroatoms. The monoisotopic (exact) mass is 271 g/mol. The maximum Gasteiger partial charge on any atom is 0.131 e. The topological polar surface area (TPSA) is 30.3 Å². The van der Waals surface area contributed by atoms with Crippen molar-refractivity contribution in [1.82, 2.24) is 14.7 Å². The van der Waals surface area contributed by atoms with E-state index in [2.05, 4.69) is 30.9 Å². The normalized spacial score (nSPS) is 18.1. The average molecular weight is 272 g/mol. The Labute approximate surface area is 114 Å². The number of aromatic nitrogens is 2. The second-order valence-electron chi connectivity index (χ2n) is 5.67. The first-order valence-electron chi connectivity index (χ1n) is 6.42. The van der Waals surface area contributed by atoms with Gasteiger partial charge in [0.25, 0.3) is 0 Å². The van der Waals surface area contributed by atoms with E-state index >= 15 is 0 Å². The second kappa shape index (κ2) is 5.19. The van der Waals surface area contributed by atoms with Gasteiger partial charge in [0.15, 0.2) is 0 Å². The molecule has 0 aliphatic carbocycles. The summed E-state index contributed by atoms with van der Waals surface area (Å²) in [5.74, 6) is 0. The van der Waals surface area contributed by atoms with E-state index in [0.717, 1.165) is 49.1 Å². The Balaban J connectivity index is 2.04. The Hall–Kier alpha value is -0.580. The van der Waals surface area contributed by atoms with Gasteiger partial charge in [0.05, 0.1) is 18.9 Å². The first kappa shape index (κ1) is 13.8. The Kier molecular flexibility index (Phi) is 3.99. The Morgan fingerprint density at radius 3 is 2.67 bits per heavy atom. The number of halogens is 1. The highest BCUT2D eigenvalue weighted by molar-refractivity contribution is 6.30. The van der Waals surface area contributed by atoms with Gasteiger partial charge < -0.3 is 9.64 Å². The molecule has 0 spiro atoms. The quantitative estimate of drug-likeness (QED) is 0.822. The van der Waals surface area contributed by atoms with Crippen molar-refractivity contribution in [1.29, 1.82) is 0 Å². The lowest BCUT2D eigenvalue weighted by Crippen LogP contribution is -2.47. The van der Waals surface area contributed by atoms with Gasteiger partial charge in [0, 0.05) is 31.1 Å². The standard InChI is InChI=1S/C13H22ClN3O/c1-5-11-10(12(14)17(4)15-11)6-16(3)7-13(2)8-18-9-13/h5-9H2,1-4H3. The first-order chi connectivity index (χ1) is 8.45. The van der Waals surface area contributed by atoms with Crippen LogP contribution in [0.1, 0.15) is 25.1 Å². The summed E-state index contributed by atoms with van der Waals surface area (Å²) in [5.41, 5.74) is 2.56. The van der Waals surface area contributed by atoms with Crippen LogP contribution in [0.5, 0.6) is 0 Å². The molecule has 4 nitrogen and oxygen atoms in total. The van der Waals surface area contributed by atoms with E-state index in [-0.39, 0.29) is 0 Å². The zero-order valence-electron chi connectivity index (χ0n) is 11.7. The third-order valence-corrected chi connectivity index (χ3v) is 3.94. The summed E-state index contributed by atoms with van der Waals surface area (Å²) in [6, 6.07) is 0. The number of hydrogen-bond donors (Lipinski definition) is 0. The molecule has 1 aromatic heterocycles. The third-order valence-electron chi connectivity index (χ3n) is 3.47. The molecule has 1 saturated heterocycles. The highest BCUT2D eigenvalue weighted by Gasteiger charge is 2.34. The minimum atomic E-state index is 0.301. The molecule has 1 fully saturated rings. The molecule has 0 amide bonds. The lowest BCUT2D eigenvalue weighted by molar-refractivity contribution is -0.113. The zero-order valence-corrected chi connectivity index (χ0v) is 12.4.